The van der Waals surface area contributed by atoms with Gasteiger partial charge in [0.1, 0.15) is 0 Å². The molecule has 4 nitrogen and oxygen atoms in total. The second-order valence-electron chi connectivity index (χ2n) is 5.12. The zero-order valence-corrected chi connectivity index (χ0v) is 13.0. The molecule has 1 heterocycles. The van der Waals surface area contributed by atoms with Crippen LogP contribution >= 0.6 is 23.2 Å². The molecule has 6 heteroatoms. The summed E-state index contributed by atoms with van der Waals surface area (Å²) in [5.74, 6) is -0.101. The van der Waals surface area contributed by atoms with E-state index in [0.29, 0.717) is 22.3 Å². The summed E-state index contributed by atoms with van der Waals surface area (Å²) in [6.45, 7) is 5.84. The molecule has 20 heavy (non-hydrogen) atoms. The lowest BCUT2D eigenvalue weighted by molar-refractivity contribution is -0.121. The molecule has 2 rings (SSSR count). The maximum absolute atomic E-state index is 12.1. The number of nitrogens with zero attached hydrogens (tertiary/aromatic N) is 1. The Kier molecular flexibility index (Phi) is 5.27. The third-order valence-corrected chi connectivity index (χ3v) is 3.63. The number of benzene rings is 1. The number of ether oxygens (including phenoxy) is 1. The van der Waals surface area contributed by atoms with Gasteiger partial charge in [0, 0.05) is 18.1 Å². The second-order valence-corrected chi connectivity index (χ2v) is 5.97. The first-order chi connectivity index (χ1) is 9.44. The molecular weight excluding hydrogens is 299 g/mol. The topological polar surface area (TPSA) is 41.6 Å². The Morgan fingerprint density at radius 3 is 2.65 bits per heavy atom. The Morgan fingerprint density at radius 2 is 2.00 bits per heavy atom. The normalized spacial score (nSPS) is 23.6. The highest BCUT2D eigenvalue weighted by Gasteiger charge is 2.23. The van der Waals surface area contributed by atoms with E-state index in [1.165, 1.54) is 0 Å². The van der Waals surface area contributed by atoms with Gasteiger partial charge in [0.25, 0.3) is 0 Å². The summed E-state index contributed by atoms with van der Waals surface area (Å²) in [5.41, 5.74) is 0.540. The third kappa shape index (κ3) is 4.35. The van der Waals surface area contributed by atoms with Gasteiger partial charge in [-0.25, -0.2) is 0 Å². The maximum Gasteiger partial charge on any atom is 0.238 e. The van der Waals surface area contributed by atoms with Crippen molar-refractivity contribution in [2.45, 2.75) is 26.1 Å². The fraction of sp³-hybridized carbons (Fsp3) is 0.500. The summed E-state index contributed by atoms with van der Waals surface area (Å²) >= 11 is 11.9. The quantitative estimate of drug-likeness (QED) is 0.932. The van der Waals surface area contributed by atoms with Crippen molar-refractivity contribution in [3.8, 4) is 0 Å². The first-order valence-corrected chi connectivity index (χ1v) is 7.32. The Morgan fingerprint density at radius 1 is 1.35 bits per heavy atom. The van der Waals surface area contributed by atoms with Gasteiger partial charge in [-0.15, -0.1) is 0 Å². The van der Waals surface area contributed by atoms with Crippen LogP contribution in [0.15, 0.2) is 18.2 Å². The fourth-order valence-electron chi connectivity index (χ4n) is 2.40. The first-order valence-electron chi connectivity index (χ1n) is 6.56. The Balaban J connectivity index is 1.93. The van der Waals surface area contributed by atoms with Crippen molar-refractivity contribution in [1.29, 1.82) is 0 Å². The fourth-order valence-corrected chi connectivity index (χ4v) is 2.74. The average Bonchev–Trinajstić information content (AvgIpc) is 2.32. The number of amides is 1. The minimum absolute atomic E-state index is 0.101. The lowest BCUT2D eigenvalue weighted by Crippen LogP contribution is -2.48. The number of carbonyl (C=O) groups excluding carboxylic acids is 1. The van der Waals surface area contributed by atoms with E-state index in [4.69, 9.17) is 27.9 Å². The van der Waals surface area contributed by atoms with E-state index in [0.717, 1.165) is 13.1 Å². The van der Waals surface area contributed by atoms with Crippen molar-refractivity contribution >= 4 is 34.8 Å². The van der Waals surface area contributed by atoms with Crippen molar-refractivity contribution in [3.05, 3.63) is 28.2 Å². The van der Waals surface area contributed by atoms with Crippen molar-refractivity contribution in [2.24, 2.45) is 0 Å². The molecule has 0 spiro atoms. The Labute approximate surface area is 129 Å². The average molecular weight is 317 g/mol. The van der Waals surface area contributed by atoms with E-state index in [1.807, 2.05) is 13.8 Å². The molecule has 1 saturated heterocycles. The number of halogens is 2. The SMILES string of the molecule is C[C@@H]1CN(CC(=O)Nc2cc(Cl)ccc2Cl)C[C@@H](C)O1. The molecular formula is C14H18Cl2N2O2. The highest BCUT2D eigenvalue weighted by Crippen LogP contribution is 2.25. The molecule has 1 aliphatic heterocycles. The van der Waals surface area contributed by atoms with Gasteiger partial charge < -0.3 is 10.1 Å². The molecule has 0 radical (unpaired) electrons. The van der Waals surface area contributed by atoms with Gasteiger partial charge in [-0.3, -0.25) is 9.69 Å². The van der Waals surface area contributed by atoms with E-state index in [1.54, 1.807) is 18.2 Å². The van der Waals surface area contributed by atoms with Gasteiger partial charge in [0.05, 0.1) is 29.5 Å². The molecule has 2 atom stereocenters. The molecule has 0 bridgehead atoms. The van der Waals surface area contributed by atoms with E-state index >= 15 is 0 Å². The van der Waals surface area contributed by atoms with Crippen LogP contribution in [0.2, 0.25) is 10.0 Å². The molecule has 1 amide bonds. The molecule has 0 unspecified atom stereocenters. The number of hydrogen-bond acceptors (Lipinski definition) is 3. The Hall–Kier alpha value is -0.810. The largest absolute Gasteiger partial charge is 0.373 e. The maximum atomic E-state index is 12.1. The summed E-state index contributed by atoms with van der Waals surface area (Å²) in [7, 11) is 0. The minimum Gasteiger partial charge on any atom is -0.373 e. The zero-order chi connectivity index (χ0) is 14.7. The summed E-state index contributed by atoms with van der Waals surface area (Å²) in [6, 6.07) is 5.00. The molecule has 110 valence electrons. The Bertz CT molecular complexity index is 486. The molecule has 1 aromatic rings. The molecule has 1 aliphatic rings. The van der Waals surface area contributed by atoms with E-state index in [2.05, 4.69) is 10.2 Å². The number of morpholine rings is 1. The summed E-state index contributed by atoms with van der Waals surface area (Å²) in [5, 5.41) is 3.81. The van der Waals surface area contributed by atoms with E-state index < -0.39 is 0 Å². The van der Waals surface area contributed by atoms with Crippen LogP contribution in [0.25, 0.3) is 0 Å². The predicted molar refractivity (Wildman–Crippen MR) is 81.5 cm³/mol. The molecule has 1 aromatic carbocycles. The van der Waals surface area contributed by atoms with Gasteiger partial charge in [-0.2, -0.15) is 0 Å². The monoisotopic (exact) mass is 316 g/mol. The molecule has 0 aliphatic carbocycles. The minimum atomic E-state index is -0.101. The molecule has 1 fully saturated rings. The van der Waals surface area contributed by atoms with Crippen LogP contribution < -0.4 is 5.32 Å². The van der Waals surface area contributed by atoms with E-state index in [-0.39, 0.29) is 18.1 Å². The summed E-state index contributed by atoms with van der Waals surface area (Å²) in [4.78, 5) is 14.1. The molecule has 0 saturated carbocycles. The van der Waals surface area contributed by atoms with Crippen molar-refractivity contribution in [1.82, 2.24) is 4.90 Å². The van der Waals surface area contributed by atoms with Crippen LogP contribution in [0, 0.1) is 0 Å². The number of hydrogen-bond donors (Lipinski definition) is 1. The summed E-state index contributed by atoms with van der Waals surface area (Å²) < 4.78 is 5.64. The third-order valence-electron chi connectivity index (χ3n) is 3.06. The number of nitrogens with one attached hydrogen (secondary N) is 1. The first kappa shape index (κ1) is 15.6. The lowest BCUT2D eigenvalue weighted by atomic mass is 10.2. The van der Waals surface area contributed by atoms with Gasteiger partial charge in [-0.05, 0) is 32.0 Å². The molecule has 0 aromatic heterocycles. The van der Waals surface area contributed by atoms with Crippen LogP contribution in [0.4, 0.5) is 5.69 Å². The van der Waals surface area contributed by atoms with Gasteiger partial charge in [0.15, 0.2) is 0 Å². The van der Waals surface area contributed by atoms with E-state index in [9.17, 15) is 4.79 Å². The van der Waals surface area contributed by atoms with Crippen molar-refractivity contribution in [3.63, 3.8) is 0 Å². The zero-order valence-electron chi connectivity index (χ0n) is 11.5. The highest BCUT2D eigenvalue weighted by atomic mass is 35.5. The highest BCUT2D eigenvalue weighted by molar-refractivity contribution is 6.35. The van der Waals surface area contributed by atoms with Crippen LogP contribution in [0.3, 0.4) is 0 Å². The van der Waals surface area contributed by atoms with Gasteiger partial charge >= 0.3 is 0 Å². The number of anilines is 1. The van der Waals surface area contributed by atoms with Crippen molar-refractivity contribution < 1.29 is 9.53 Å². The second kappa shape index (κ2) is 6.76. The summed E-state index contributed by atoms with van der Waals surface area (Å²) in [6.07, 6.45) is 0.280. The smallest absolute Gasteiger partial charge is 0.238 e. The molecule has 1 N–H and O–H groups in total. The van der Waals surface area contributed by atoms with Crippen molar-refractivity contribution in [2.75, 3.05) is 25.0 Å². The predicted octanol–water partition coefficient (Wildman–Crippen LogP) is 3.04. The van der Waals surface area contributed by atoms with Gasteiger partial charge in [0.2, 0.25) is 5.91 Å². The number of carbonyl (C=O) groups is 1. The van der Waals surface area contributed by atoms with Crippen LogP contribution in [0.5, 0.6) is 0 Å². The number of rotatable bonds is 3. The van der Waals surface area contributed by atoms with Crippen LogP contribution in [-0.4, -0.2) is 42.6 Å². The standard InChI is InChI=1S/C14H18Cl2N2O2/c1-9-6-18(7-10(2)20-9)8-14(19)17-13-5-11(15)3-4-12(13)16/h3-5,9-10H,6-8H2,1-2H3,(H,17,19)/t9-,10-/m1/s1. The van der Waals surface area contributed by atoms with Crippen LogP contribution in [-0.2, 0) is 9.53 Å². The van der Waals surface area contributed by atoms with Crippen LogP contribution in [0.1, 0.15) is 13.8 Å². The lowest BCUT2D eigenvalue weighted by Gasteiger charge is -2.34. The van der Waals surface area contributed by atoms with Gasteiger partial charge in [-0.1, -0.05) is 23.2 Å².